The van der Waals surface area contributed by atoms with Crippen LogP contribution in [0.25, 0.3) is 0 Å². The normalized spacial score (nSPS) is 11.7. The van der Waals surface area contributed by atoms with Gasteiger partial charge in [-0.05, 0) is 38.1 Å². The fourth-order valence-electron chi connectivity index (χ4n) is 2.45. The Morgan fingerprint density at radius 3 is 2.60 bits per heavy atom. The van der Waals surface area contributed by atoms with Crippen LogP contribution in [0.2, 0.25) is 0 Å². The first-order valence-electron chi connectivity index (χ1n) is 9.07. The number of methoxy groups -OCH3 is 1. The Balaban J connectivity index is 1.56. The zero-order valence-electron chi connectivity index (χ0n) is 17.0. The van der Waals surface area contributed by atoms with Crippen LogP contribution >= 0.6 is 23.1 Å². The van der Waals surface area contributed by atoms with E-state index in [0.717, 1.165) is 5.69 Å². The van der Waals surface area contributed by atoms with Crippen molar-refractivity contribution in [1.29, 1.82) is 0 Å². The number of aryl methyl sites for hydroxylation is 1. The van der Waals surface area contributed by atoms with Crippen molar-refractivity contribution in [3.05, 3.63) is 41.2 Å². The number of benzene rings is 1. The van der Waals surface area contributed by atoms with Crippen LogP contribution in [0.5, 0.6) is 5.75 Å². The molecule has 3 aromatic rings. The van der Waals surface area contributed by atoms with Crippen molar-refractivity contribution in [3.63, 3.8) is 0 Å². The van der Waals surface area contributed by atoms with Gasteiger partial charge in [0.1, 0.15) is 11.6 Å². The zero-order valence-corrected chi connectivity index (χ0v) is 18.6. The minimum atomic E-state index is -0.405. The molecule has 0 bridgehead atoms. The lowest BCUT2D eigenvalue weighted by Gasteiger charge is -2.10. The third kappa shape index (κ3) is 5.57. The molecule has 0 aliphatic rings. The summed E-state index contributed by atoms with van der Waals surface area (Å²) in [5.41, 5.74) is 1.53. The molecule has 0 spiro atoms. The van der Waals surface area contributed by atoms with E-state index in [2.05, 4.69) is 25.8 Å². The monoisotopic (exact) mass is 446 g/mol. The molecule has 0 aliphatic carbocycles. The Hall–Kier alpha value is -2.92. The largest absolute Gasteiger partial charge is 0.497 e. The zero-order chi connectivity index (χ0) is 21.7. The number of nitrogens with zero attached hydrogens (tertiary/aromatic N) is 4. The van der Waals surface area contributed by atoms with Crippen LogP contribution in [-0.2, 0) is 23.1 Å². The third-order valence-electron chi connectivity index (χ3n) is 4.12. The summed E-state index contributed by atoms with van der Waals surface area (Å²) in [4.78, 5) is 28.9. The van der Waals surface area contributed by atoms with Crippen molar-refractivity contribution in [2.24, 2.45) is 7.05 Å². The molecule has 0 unspecified atom stereocenters. The van der Waals surface area contributed by atoms with E-state index in [4.69, 9.17) is 4.74 Å². The molecular weight excluding hydrogens is 424 g/mol. The van der Waals surface area contributed by atoms with Crippen molar-refractivity contribution in [1.82, 2.24) is 19.7 Å². The molecule has 2 aromatic heterocycles. The van der Waals surface area contributed by atoms with Gasteiger partial charge in [-0.3, -0.25) is 9.59 Å². The molecule has 1 atom stereocenters. The topological polar surface area (TPSA) is 111 Å². The summed E-state index contributed by atoms with van der Waals surface area (Å²) in [5.74, 6) is 0.839. The molecular formula is C19H22N6O3S2. The highest BCUT2D eigenvalue weighted by atomic mass is 32.2. The molecule has 2 heterocycles. The predicted molar refractivity (Wildman–Crippen MR) is 117 cm³/mol. The van der Waals surface area contributed by atoms with Crippen LogP contribution in [0.3, 0.4) is 0 Å². The van der Waals surface area contributed by atoms with Gasteiger partial charge in [0, 0.05) is 18.1 Å². The van der Waals surface area contributed by atoms with Gasteiger partial charge in [-0.2, -0.15) is 0 Å². The predicted octanol–water partition coefficient (Wildman–Crippen LogP) is 2.89. The number of thioether (sulfide) groups is 1. The van der Waals surface area contributed by atoms with Gasteiger partial charge in [0.05, 0.1) is 24.5 Å². The van der Waals surface area contributed by atoms with E-state index in [1.54, 1.807) is 49.9 Å². The van der Waals surface area contributed by atoms with E-state index >= 15 is 0 Å². The van der Waals surface area contributed by atoms with E-state index < -0.39 is 5.25 Å². The fraction of sp³-hybridized carbons (Fsp3) is 0.316. The quantitative estimate of drug-likeness (QED) is 0.512. The number of thiazole rings is 1. The second-order valence-corrected chi connectivity index (χ2v) is 8.62. The van der Waals surface area contributed by atoms with Crippen LogP contribution in [0.4, 0.5) is 10.8 Å². The molecule has 3 rings (SSSR count). The van der Waals surface area contributed by atoms with E-state index in [0.29, 0.717) is 27.5 Å². The van der Waals surface area contributed by atoms with Gasteiger partial charge >= 0.3 is 0 Å². The first-order valence-corrected chi connectivity index (χ1v) is 10.8. The highest BCUT2D eigenvalue weighted by molar-refractivity contribution is 8.00. The smallest absolute Gasteiger partial charge is 0.239 e. The molecule has 158 valence electrons. The number of rotatable bonds is 8. The van der Waals surface area contributed by atoms with Crippen LogP contribution in [0.1, 0.15) is 18.4 Å². The Kier molecular flexibility index (Phi) is 7.06. The van der Waals surface area contributed by atoms with Crippen molar-refractivity contribution >= 4 is 45.7 Å². The maximum atomic E-state index is 12.4. The van der Waals surface area contributed by atoms with Crippen LogP contribution in [0, 0.1) is 6.92 Å². The van der Waals surface area contributed by atoms with Gasteiger partial charge in [0.25, 0.3) is 0 Å². The van der Waals surface area contributed by atoms with Crippen molar-refractivity contribution < 1.29 is 14.3 Å². The van der Waals surface area contributed by atoms with Gasteiger partial charge < -0.3 is 19.9 Å². The summed E-state index contributed by atoms with van der Waals surface area (Å²) in [6, 6.07) is 7.07. The molecule has 0 aliphatic heterocycles. The number of hydrogen-bond donors (Lipinski definition) is 2. The van der Waals surface area contributed by atoms with E-state index in [1.807, 2.05) is 12.3 Å². The van der Waals surface area contributed by atoms with Gasteiger partial charge in [-0.15, -0.1) is 21.5 Å². The number of aromatic nitrogens is 4. The molecule has 2 amide bonds. The number of carbonyl (C=O) groups is 2. The summed E-state index contributed by atoms with van der Waals surface area (Å²) in [6.45, 7) is 3.65. The summed E-state index contributed by atoms with van der Waals surface area (Å²) in [7, 11) is 3.36. The molecule has 2 N–H and O–H groups in total. The number of amides is 2. The standard InChI is InChI=1S/C19H22N6O3S2/c1-11-10-29-18(20-11)22-17(27)12(2)30-19-24-23-15(25(19)3)9-16(26)21-13-5-7-14(28-4)8-6-13/h5-8,10,12H,9H2,1-4H3,(H,21,26)(H,20,22,27)/t12-/m1/s1. The Morgan fingerprint density at radius 2 is 1.97 bits per heavy atom. The molecule has 30 heavy (non-hydrogen) atoms. The Bertz CT molecular complexity index is 1030. The first kappa shape index (κ1) is 21.8. The van der Waals surface area contributed by atoms with Gasteiger partial charge in [0.15, 0.2) is 10.3 Å². The second-order valence-electron chi connectivity index (χ2n) is 6.45. The Morgan fingerprint density at radius 1 is 1.23 bits per heavy atom. The molecule has 0 radical (unpaired) electrons. The molecule has 0 saturated heterocycles. The number of carbonyl (C=O) groups excluding carboxylic acids is 2. The van der Waals surface area contributed by atoms with Gasteiger partial charge in [-0.25, -0.2) is 4.98 Å². The van der Waals surface area contributed by atoms with Gasteiger partial charge in [0.2, 0.25) is 11.8 Å². The number of anilines is 2. The minimum absolute atomic E-state index is 0.0645. The lowest BCUT2D eigenvalue weighted by Crippen LogP contribution is -2.23. The van der Waals surface area contributed by atoms with E-state index in [-0.39, 0.29) is 18.2 Å². The molecule has 0 saturated carbocycles. The maximum absolute atomic E-state index is 12.4. The summed E-state index contributed by atoms with van der Waals surface area (Å²) in [6.07, 6.45) is 0.0645. The average molecular weight is 447 g/mol. The lowest BCUT2D eigenvalue weighted by atomic mass is 10.3. The van der Waals surface area contributed by atoms with Crippen molar-refractivity contribution in [2.45, 2.75) is 30.7 Å². The van der Waals surface area contributed by atoms with E-state index in [9.17, 15) is 9.59 Å². The van der Waals surface area contributed by atoms with Crippen LogP contribution < -0.4 is 15.4 Å². The number of ether oxygens (including phenoxy) is 1. The average Bonchev–Trinajstić information content (AvgIpc) is 3.28. The van der Waals surface area contributed by atoms with Crippen LogP contribution in [-0.4, -0.2) is 43.9 Å². The molecule has 1 aromatic carbocycles. The number of nitrogens with one attached hydrogen (secondary N) is 2. The molecule has 0 fully saturated rings. The van der Waals surface area contributed by atoms with Crippen LogP contribution in [0.15, 0.2) is 34.8 Å². The fourth-order valence-corrected chi connectivity index (χ4v) is 3.98. The maximum Gasteiger partial charge on any atom is 0.239 e. The Labute approximate surface area is 182 Å². The second kappa shape index (κ2) is 9.72. The van der Waals surface area contributed by atoms with E-state index in [1.165, 1.54) is 23.1 Å². The molecule has 11 heteroatoms. The minimum Gasteiger partial charge on any atom is -0.497 e. The first-order chi connectivity index (χ1) is 14.4. The van der Waals surface area contributed by atoms with Gasteiger partial charge in [-0.1, -0.05) is 11.8 Å². The highest BCUT2D eigenvalue weighted by Crippen LogP contribution is 2.24. The highest BCUT2D eigenvalue weighted by Gasteiger charge is 2.20. The lowest BCUT2D eigenvalue weighted by molar-refractivity contribution is -0.116. The van der Waals surface area contributed by atoms with Crippen molar-refractivity contribution in [2.75, 3.05) is 17.7 Å². The molecule has 9 nitrogen and oxygen atoms in total. The van der Waals surface area contributed by atoms with Crippen molar-refractivity contribution in [3.8, 4) is 5.75 Å². The SMILES string of the molecule is COc1ccc(NC(=O)Cc2nnc(S[C@H](C)C(=O)Nc3nc(C)cs3)n2C)cc1. The third-order valence-corrected chi connectivity index (χ3v) is 6.13. The summed E-state index contributed by atoms with van der Waals surface area (Å²) >= 11 is 2.65. The number of hydrogen-bond acceptors (Lipinski definition) is 8. The summed E-state index contributed by atoms with van der Waals surface area (Å²) < 4.78 is 6.82. The summed E-state index contributed by atoms with van der Waals surface area (Å²) in [5, 5.41) is 16.4.